The number of hydrogen-bond donors (Lipinski definition) is 4. The number of ether oxygens (including phenoxy) is 1. The lowest BCUT2D eigenvalue weighted by Gasteiger charge is -2.12. The largest absolute Gasteiger partial charge is 0.503 e. The van der Waals surface area contributed by atoms with Crippen LogP contribution in [0.25, 0.3) is 10.4 Å². The molecule has 176 valence electrons. The molecular weight excluding hydrogens is 466 g/mol. The maximum atomic E-state index is 12.9. The van der Waals surface area contributed by atoms with Gasteiger partial charge < -0.3 is 20.1 Å². The second kappa shape index (κ2) is 9.92. The molecule has 10 heteroatoms. The Morgan fingerprint density at radius 3 is 2.42 bits per heavy atom. The van der Waals surface area contributed by atoms with Crippen LogP contribution in [0.15, 0.2) is 64.9 Å². The molecule has 1 heterocycles. The summed E-state index contributed by atoms with van der Waals surface area (Å²) in [4.78, 5) is 9.38. The van der Waals surface area contributed by atoms with Crippen molar-refractivity contribution in [3.8, 4) is 16.2 Å². The van der Waals surface area contributed by atoms with Gasteiger partial charge in [0.1, 0.15) is 9.96 Å². The van der Waals surface area contributed by atoms with Gasteiger partial charge in [-0.3, -0.25) is 0 Å². The predicted octanol–water partition coefficient (Wildman–Crippen LogP) is 4.15. The lowest BCUT2D eigenvalue weighted by atomic mass is 9.98. The van der Waals surface area contributed by atoms with Crippen molar-refractivity contribution in [2.24, 2.45) is 0 Å². The number of carboxylic acid groups (broad SMARTS) is 2. The molecule has 0 aliphatic heterocycles. The summed E-state index contributed by atoms with van der Waals surface area (Å²) in [5, 5.41) is 23.5. The van der Waals surface area contributed by atoms with Crippen LogP contribution in [0.2, 0.25) is 0 Å². The van der Waals surface area contributed by atoms with Crippen LogP contribution in [-0.4, -0.2) is 43.0 Å². The van der Waals surface area contributed by atoms with E-state index in [1.165, 1.54) is 11.3 Å². The molecule has 3 aromatic rings. The van der Waals surface area contributed by atoms with E-state index in [0.717, 1.165) is 22.4 Å². The molecule has 1 aliphatic carbocycles. The first kappa shape index (κ1) is 24.7. The molecular formula is C23H25NO7S2. The van der Waals surface area contributed by atoms with Gasteiger partial charge in [0, 0.05) is 21.9 Å². The lowest BCUT2D eigenvalue weighted by Crippen LogP contribution is -2.29. The highest BCUT2D eigenvalue weighted by Crippen LogP contribution is 2.48. The first-order chi connectivity index (χ1) is 15.6. The normalized spacial score (nSPS) is 19.3. The monoisotopic (exact) mass is 491 g/mol. The fourth-order valence-electron chi connectivity index (χ4n) is 3.60. The number of hydrogen-bond acceptors (Lipinski definition) is 6. The van der Waals surface area contributed by atoms with Crippen LogP contribution in [-0.2, 0) is 22.0 Å². The van der Waals surface area contributed by atoms with Crippen molar-refractivity contribution in [2.75, 3.05) is 7.11 Å². The Morgan fingerprint density at radius 1 is 1.15 bits per heavy atom. The Balaban J connectivity index is 0.000000709. The number of benzene rings is 2. The third kappa shape index (κ3) is 5.72. The summed E-state index contributed by atoms with van der Waals surface area (Å²) in [6, 6.07) is 18.8. The Kier molecular flexibility index (Phi) is 7.43. The zero-order valence-corrected chi connectivity index (χ0v) is 19.7. The van der Waals surface area contributed by atoms with Crippen LogP contribution in [0.3, 0.4) is 0 Å². The van der Waals surface area contributed by atoms with E-state index in [4.69, 9.17) is 19.7 Å². The number of methoxy groups -OCH3 is 1. The number of nitrogens with one attached hydrogen (secondary N) is 1. The molecule has 8 nitrogen and oxygen atoms in total. The van der Waals surface area contributed by atoms with Gasteiger partial charge in [-0.1, -0.05) is 37.3 Å². The smallest absolute Gasteiger partial charge is 0.496 e. The molecule has 1 fully saturated rings. The van der Waals surface area contributed by atoms with E-state index in [1.807, 2.05) is 42.5 Å². The van der Waals surface area contributed by atoms with Crippen molar-refractivity contribution < 1.29 is 33.3 Å². The standard InChI is InChI=1S/C22H23NO4S2.CH2O3/c1-22(17-6-4-3-5-7-17)13-20(22)23-29(25,26)21-11-10-19(28-21)15-8-9-18(27-2)16(12-15)14-24;2-1(3)4/h3-12,20,23-24H,13-14H2,1-2H3;(H2,2,3,4)/t20-,22+;/m0./s1. The molecule has 0 amide bonds. The molecule has 1 aromatic heterocycles. The van der Waals surface area contributed by atoms with Crippen molar-refractivity contribution >= 4 is 27.5 Å². The van der Waals surface area contributed by atoms with Crippen LogP contribution in [0.1, 0.15) is 24.5 Å². The highest BCUT2D eigenvalue weighted by atomic mass is 32.2. The molecule has 0 radical (unpaired) electrons. The fourth-order valence-corrected chi connectivity index (χ4v) is 6.26. The molecule has 4 N–H and O–H groups in total. The molecule has 2 atom stereocenters. The first-order valence-corrected chi connectivity index (χ1v) is 12.3. The maximum absolute atomic E-state index is 12.9. The molecule has 0 bridgehead atoms. The first-order valence-electron chi connectivity index (χ1n) is 9.98. The van der Waals surface area contributed by atoms with E-state index >= 15 is 0 Å². The van der Waals surface area contributed by atoms with E-state index in [9.17, 15) is 13.5 Å². The van der Waals surface area contributed by atoms with Crippen LogP contribution < -0.4 is 9.46 Å². The van der Waals surface area contributed by atoms with Gasteiger partial charge in [0.15, 0.2) is 0 Å². The summed E-state index contributed by atoms with van der Waals surface area (Å²) in [7, 11) is -2.04. The Morgan fingerprint density at radius 2 is 1.82 bits per heavy atom. The summed E-state index contributed by atoms with van der Waals surface area (Å²) < 4.78 is 34.2. The average Bonchev–Trinajstić information content (AvgIpc) is 3.19. The highest BCUT2D eigenvalue weighted by Gasteiger charge is 2.53. The number of aliphatic hydroxyl groups excluding tert-OH is 1. The third-order valence-electron chi connectivity index (χ3n) is 5.55. The van der Waals surface area contributed by atoms with E-state index in [-0.39, 0.29) is 22.3 Å². The van der Waals surface area contributed by atoms with Crippen molar-refractivity contribution in [3.05, 3.63) is 71.8 Å². The van der Waals surface area contributed by atoms with Gasteiger partial charge in [0.25, 0.3) is 0 Å². The number of aliphatic hydroxyl groups is 1. The summed E-state index contributed by atoms with van der Waals surface area (Å²) in [5.41, 5.74) is 2.49. The molecule has 2 aromatic carbocycles. The summed E-state index contributed by atoms with van der Waals surface area (Å²) in [5.74, 6) is 0.608. The Bertz CT molecular complexity index is 1220. The van der Waals surface area contributed by atoms with Gasteiger partial charge in [0.05, 0.1) is 13.7 Å². The van der Waals surface area contributed by atoms with Crippen molar-refractivity contribution in [2.45, 2.75) is 35.6 Å². The molecule has 0 unspecified atom stereocenters. The quantitative estimate of drug-likeness (QED) is 0.390. The average molecular weight is 492 g/mol. The van der Waals surface area contributed by atoms with Gasteiger partial charge in [-0.15, -0.1) is 11.3 Å². The number of sulfonamides is 1. The molecule has 1 saturated carbocycles. The Labute approximate surface area is 196 Å². The van der Waals surface area contributed by atoms with Gasteiger partial charge in [0.2, 0.25) is 10.0 Å². The van der Waals surface area contributed by atoms with Crippen molar-refractivity contribution in [1.29, 1.82) is 0 Å². The highest BCUT2D eigenvalue weighted by molar-refractivity contribution is 7.91. The van der Waals surface area contributed by atoms with Crippen molar-refractivity contribution in [1.82, 2.24) is 4.72 Å². The number of thiophene rings is 1. The molecule has 0 spiro atoms. The Hall–Kier alpha value is -2.92. The third-order valence-corrected chi connectivity index (χ3v) is 8.65. The van der Waals surface area contributed by atoms with Gasteiger partial charge in [-0.25, -0.2) is 17.9 Å². The molecule has 33 heavy (non-hydrogen) atoms. The predicted molar refractivity (Wildman–Crippen MR) is 125 cm³/mol. The second-order valence-corrected chi connectivity index (χ2v) is 10.8. The maximum Gasteiger partial charge on any atom is 0.503 e. The van der Waals surface area contributed by atoms with E-state index in [1.54, 1.807) is 25.3 Å². The van der Waals surface area contributed by atoms with Crippen molar-refractivity contribution in [3.63, 3.8) is 0 Å². The SMILES string of the molecule is COc1ccc(-c2ccc(S(=O)(=O)N[C@H]3C[C@]3(C)c3ccccc3)s2)cc1CO.O=C(O)O. The second-order valence-electron chi connectivity index (χ2n) is 7.75. The van der Waals surface area contributed by atoms with E-state index in [0.29, 0.717) is 11.3 Å². The van der Waals surface area contributed by atoms with Gasteiger partial charge in [-0.05, 0) is 47.9 Å². The minimum absolute atomic E-state index is 0.109. The molecule has 0 saturated heterocycles. The minimum atomic E-state index is -3.60. The van der Waals surface area contributed by atoms with Crippen LogP contribution >= 0.6 is 11.3 Å². The van der Waals surface area contributed by atoms with Gasteiger partial charge in [-0.2, -0.15) is 0 Å². The topological polar surface area (TPSA) is 133 Å². The summed E-state index contributed by atoms with van der Waals surface area (Å²) in [6.07, 6.45) is -1.05. The number of carbonyl (C=O) groups is 1. The zero-order chi connectivity index (χ0) is 24.2. The van der Waals surface area contributed by atoms with Crippen LogP contribution in [0, 0.1) is 0 Å². The zero-order valence-electron chi connectivity index (χ0n) is 18.1. The lowest BCUT2D eigenvalue weighted by molar-refractivity contribution is 0.137. The fraction of sp³-hybridized carbons (Fsp3) is 0.261. The van der Waals surface area contributed by atoms with Crippen LogP contribution in [0.4, 0.5) is 4.79 Å². The minimum Gasteiger partial charge on any atom is -0.496 e. The van der Waals surface area contributed by atoms with Crippen LogP contribution in [0.5, 0.6) is 5.75 Å². The number of rotatable bonds is 7. The van der Waals surface area contributed by atoms with E-state index < -0.39 is 16.2 Å². The summed E-state index contributed by atoms with van der Waals surface area (Å²) in [6.45, 7) is 1.94. The van der Waals surface area contributed by atoms with E-state index in [2.05, 4.69) is 11.6 Å². The van der Waals surface area contributed by atoms with Gasteiger partial charge >= 0.3 is 6.16 Å². The summed E-state index contributed by atoms with van der Waals surface area (Å²) >= 11 is 1.22. The molecule has 4 rings (SSSR count). The molecule has 1 aliphatic rings.